The van der Waals surface area contributed by atoms with Crippen molar-refractivity contribution in [1.29, 1.82) is 0 Å². The highest BCUT2D eigenvalue weighted by Crippen LogP contribution is 2.49. The number of likely N-dealkylation sites (N-methyl/N-ethyl adjacent to an activating group) is 2. The Morgan fingerprint density at radius 2 is 0.971 bits per heavy atom. The lowest BCUT2D eigenvalue weighted by Crippen LogP contribution is -2.55. The molecule has 0 radical (unpaired) electrons. The Bertz CT molecular complexity index is 6140. The van der Waals surface area contributed by atoms with Gasteiger partial charge in [-0.3, -0.25) is 49.0 Å². The zero-order valence-corrected chi connectivity index (χ0v) is 78.8. The quantitative estimate of drug-likeness (QED) is 0.00985. The molecule has 2 aromatic heterocycles. The average Bonchev–Trinajstić information content (AvgIpc) is 1.60. The van der Waals surface area contributed by atoms with Crippen LogP contribution in [0.3, 0.4) is 0 Å². The lowest BCUT2D eigenvalue weighted by molar-refractivity contribution is -0.193. The number of carbonyl (C=O) groups is 13. The number of nitrogens with two attached hydrogens (primary N) is 1. The van der Waals surface area contributed by atoms with Crippen molar-refractivity contribution in [2.24, 2.45) is 11.7 Å². The van der Waals surface area contributed by atoms with Gasteiger partial charge >= 0.3 is 54.3 Å². The van der Waals surface area contributed by atoms with E-state index in [-0.39, 0.29) is 86.9 Å². The Labute approximate surface area is 799 Å². The number of urea groups is 1. The Morgan fingerprint density at radius 1 is 0.511 bits per heavy atom. The second-order valence-corrected chi connectivity index (χ2v) is 35.6. The van der Waals surface area contributed by atoms with Gasteiger partial charge in [0.1, 0.15) is 41.1 Å². The molecule has 4 aliphatic rings. The Morgan fingerprint density at radius 3 is 1.43 bits per heavy atom. The van der Waals surface area contributed by atoms with E-state index in [0.29, 0.717) is 106 Å². The van der Waals surface area contributed by atoms with Gasteiger partial charge in [-0.15, -0.1) is 0 Å². The molecule has 4 aliphatic heterocycles. The van der Waals surface area contributed by atoms with E-state index in [9.17, 15) is 88.7 Å². The summed E-state index contributed by atoms with van der Waals surface area (Å²) in [5.41, 5.74) is 12.7. The fraction of sp³-hybridized carbons (Fsp3) is 0.358. The Balaban J connectivity index is 0.000000249. The summed E-state index contributed by atoms with van der Waals surface area (Å²) in [6.07, 6.45) is -13.1. The van der Waals surface area contributed by atoms with E-state index in [0.717, 1.165) is 81.0 Å². The molecule has 14 rings (SSSR count). The number of benzene rings is 8. The molecule has 137 heavy (non-hydrogen) atoms. The van der Waals surface area contributed by atoms with Crippen LogP contribution >= 0.6 is 31.9 Å². The number of amides is 12. The lowest BCUT2D eigenvalue weighted by atomic mass is 9.95. The maximum atomic E-state index is 14.5. The van der Waals surface area contributed by atoms with Gasteiger partial charge in [-0.1, -0.05) is 125 Å². The maximum absolute atomic E-state index is 14.5. The summed E-state index contributed by atoms with van der Waals surface area (Å²) in [6, 6.07) is 46.1. The second kappa shape index (κ2) is 45.3. The highest BCUT2D eigenvalue weighted by Gasteiger charge is 2.54. The third-order valence-electron chi connectivity index (χ3n) is 22.7. The van der Waals surface area contributed by atoms with Crippen LogP contribution in [0.1, 0.15) is 107 Å². The number of fused-ring (bicyclic) bond motifs is 8. The van der Waals surface area contributed by atoms with Crippen molar-refractivity contribution in [2.75, 3.05) is 142 Å². The molecule has 0 aliphatic carbocycles. The summed E-state index contributed by atoms with van der Waals surface area (Å²) in [4.78, 5) is 182. The highest BCUT2D eigenvalue weighted by atomic mass is 79.9. The number of ether oxygens (including phenoxy) is 4. The fourth-order valence-corrected chi connectivity index (χ4v) is 16.8. The lowest BCUT2D eigenvalue weighted by Gasteiger charge is -2.31. The topological polar surface area (TPSA) is 432 Å². The molecule has 12 N–H and O–H groups in total. The SMILES string of the molecule is CC(C)C(NCC(=O)NCCNC(=O)OCc1ccccc1)C(=O)NC(CCCNC(N)=O)C(=O)Nc1ccc(C(=O)Nc2ccc3[nH]c(C(=O)N4C[C@@H](CBr)c5c4cc(OC(=O)N4CCN(C)CC4)c4ccccc54)cc3c2)cc1.CN1CCN(C(=O)Oc2cc3c(c4ccccc24)[C@H](CBr)CN3C(=O)c2cc3cc(NC(=O)OC(C)(C)C)ccc3[nH]2)CC1.O=C(C(=O)C(F)(F)F)C(F)(F)F. The number of H-pyrrole nitrogens is 2. The molecule has 0 bridgehead atoms. The number of anilines is 5. The molecule has 34 nitrogen and oxygen atoms in total. The largest absolute Gasteiger partial charge is 0.458 e. The van der Waals surface area contributed by atoms with Crippen LogP contribution in [-0.4, -0.2) is 253 Å². The third kappa shape index (κ3) is 26.7. The summed E-state index contributed by atoms with van der Waals surface area (Å²) in [5, 5.41) is 28.1. The molecule has 2 saturated heterocycles. The first-order chi connectivity index (χ1) is 65.1. The smallest absolute Gasteiger partial charge is 0.445 e. The normalized spacial score (nSPS) is 15.4. The summed E-state index contributed by atoms with van der Waals surface area (Å²) in [7, 11) is 4.05. The van der Waals surface area contributed by atoms with Gasteiger partial charge in [-0.25, -0.2) is 24.0 Å². The van der Waals surface area contributed by atoms with Crippen molar-refractivity contribution in [2.45, 2.75) is 95.9 Å². The van der Waals surface area contributed by atoms with E-state index in [2.05, 4.69) is 94.2 Å². The molecule has 12 amide bonds. The number of primary amides is 1. The molecular formula is C95H103Br2F6N17O17. The van der Waals surface area contributed by atoms with Crippen LogP contribution in [0.5, 0.6) is 11.5 Å². The van der Waals surface area contributed by atoms with Crippen molar-refractivity contribution >= 4 is 181 Å². The Hall–Kier alpha value is -13.7. The number of aromatic amines is 2. The minimum atomic E-state index is -5.77. The van der Waals surface area contributed by atoms with Crippen molar-refractivity contribution in [3.05, 3.63) is 197 Å². The van der Waals surface area contributed by atoms with Gasteiger partial charge in [0.05, 0.1) is 24.0 Å². The molecule has 2 fully saturated rings. The summed E-state index contributed by atoms with van der Waals surface area (Å²) in [5.74, 6) is -8.72. The number of alkyl halides is 8. The number of alkyl carbamates (subject to hydrolysis) is 1. The van der Waals surface area contributed by atoms with Crippen LogP contribution in [0, 0.1) is 5.92 Å². The molecule has 10 aromatic rings. The van der Waals surface area contributed by atoms with Crippen LogP contribution in [0.2, 0.25) is 0 Å². The first kappa shape index (κ1) is 102. The maximum Gasteiger partial charge on any atom is 0.458 e. The van der Waals surface area contributed by atoms with Crippen molar-refractivity contribution in [1.82, 2.24) is 56.2 Å². The molecule has 0 saturated carbocycles. The standard InChI is InChI=1S/C58H67BrN12O10.C33H36BrN5O5.C4F6O2/c1-35(2)51(64-32-49(72)61-22-23-63-57(78)80-34-36-10-5-4-6-11-36)54(75)68-45(14-9-21-62-56(60)77)53(74)65-40-17-15-37(16-18-40)52(73)66-41-19-20-44-38(28-41)29-46(67-44)55(76)71-33-39(31-59)50-43-13-8-7-12-42(43)48(30-47(50)71)81-58(79)70-26-24-69(3)25-27-70;1-33(2,3)44-31(41)35-22-9-10-25-20(15-22)16-26(36-25)30(40)39-19-21(18-34)29-24-8-6-5-7-23(24)28(17-27(29)39)43-32(42)38-13-11-37(4)12-14-38;5-3(6,7)1(11)2(12)4(8,9)10/h4-8,10-13,15-20,28-30,35,39,45,51,64,67H,9,14,21-27,31-34H2,1-3H3,(H,61,72)(H,63,78)(H,65,74)(H,66,73)(H,68,75)(H3,60,62,77);5-10,15-17,21,36H,11-14,18-19H2,1-4H3,(H,35,41);/t39-,45?,51?;21-;/m11./s1. The van der Waals surface area contributed by atoms with Gasteiger partial charge in [0.2, 0.25) is 17.7 Å². The van der Waals surface area contributed by atoms with Crippen molar-refractivity contribution in [3.8, 4) is 11.5 Å². The number of carbonyl (C=O) groups excluding carboxylic acids is 13. The number of halogens is 8. The summed E-state index contributed by atoms with van der Waals surface area (Å²) in [6.45, 7) is 15.5. The zero-order valence-electron chi connectivity index (χ0n) is 75.6. The number of piperazine rings is 2. The van der Waals surface area contributed by atoms with Crippen molar-refractivity contribution in [3.63, 3.8) is 0 Å². The van der Waals surface area contributed by atoms with Gasteiger partial charge < -0.3 is 95.9 Å². The van der Waals surface area contributed by atoms with Gasteiger partial charge in [0, 0.05) is 175 Å². The minimum Gasteiger partial charge on any atom is -0.445 e. The number of hydrogen-bond donors (Lipinski definition) is 11. The van der Waals surface area contributed by atoms with Crippen LogP contribution in [0.25, 0.3) is 43.4 Å². The van der Waals surface area contributed by atoms with E-state index < -0.39 is 89.5 Å². The molecule has 726 valence electrons. The fourth-order valence-electron chi connectivity index (χ4n) is 15.8. The highest BCUT2D eigenvalue weighted by molar-refractivity contribution is 9.09. The monoisotopic (exact) mass is 2030 g/mol. The van der Waals surface area contributed by atoms with Crippen LogP contribution in [-0.2, 0) is 40.1 Å². The van der Waals surface area contributed by atoms with Gasteiger partial charge in [0.25, 0.3) is 17.7 Å². The van der Waals surface area contributed by atoms with E-state index in [1.807, 2.05) is 105 Å². The predicted molar refractivity (Wildman–Crippen MR) is 509 cm³/mol. The molecular weight excluding hydrogens is 1920 g/mol. The number of rotatable bonds is 27. The summed E-state index contributed by atoms with van der Waals surface area (Å²) < 4.78 is 89.6. The van der Waals surface area contributed by atoms with E-state index in [1.54, 1.807) is 115 Å². The molecule has 2 unspecified atom stereocenters. The average molecular weight is 2030 g/mol. The number of nitrogens with zero attached hydrogens (tertiary/aromatic N) is 6. The van der Waals surface area contributed by atoms with E-state index in [4.69, 9.17) is 24.7 Å². The molecule has 6 heterocycles. The number of nitrogens with one attached hydrogen (secondary N) is 10. The third-order valence-corrected chi connectivity index (χ3v) is 24.3. The van der Waals surface area contributed by atoms with Gasteiger partial charge in [-0.05, 0) is 154 Å². The predicted octanol–water partition coefficient (Wildman–Crippen LogP) is 13.8. The number of Topliss-reactive ketones (excluding diaryl/α,β-unsaturated/α-hetero) is 2. The van der Waals surface area contributed by atoms with E-state index >= 15 is 0 Å². The minimum absolute atomic E-state index is 0.0327. The van der Waals surface area contributed by atoms with Crippen molar-refractivity contribution < 1.29 is 108 Å². The molecule has 42 heteroatoms. The van der Waals surface area contributed by atoms with Crippen LogP contribution in [0.4, 0.5) is 78.8 Å². The molecule has 4 atom stereocenters. The van der Waals surface area contributed by atoms with Gasteiger partial charge in [-0.2, -0.15) is 26.3 Å². The van der Waals surface area contributed by atoms with E-state index in [1.165, 1.54) is 12.1 Å². The van der Waals surface area contributed by atoms with Gasteiger partial charge in [0.15, 0.2) is 0 Å². The molecule has 8 aromatic carbocycles. The zero-order chi connectivity index (χ0) is 98.9. The first-order valence-corrected chi connectivity index (χ1v) is 46.0. The second-order valence-electron chi connectivity index (χ2n) is 34.3. The first-order valence-electron chi connectivity index (χ1n) is 43.8. The number of aromatic nitrogens is 2. The summed E-state index contributed by atoms with van der Waals surface area (Å²) >= 11 is 7.35. The molecule has 0 spiro atoms. The number of hydrogen-bond acceptors (Lipinski definition) is 20. The Kier molecular flexibility index (Phi) is 33.8. The number of ketones is 2. The van der Waals surface area contributed by atoms with Crippen LogP contribution < -0.4 is 67.5 Å². The van der Waals surface area contributed by atoms with Crippen LogP contribution in [0.15, 0.2) is 164 Å².